The molecule has 0 radical (unpaired) electrons. The number of nitrogen functional groups attached to an aromatic ring is 1. The highest BCUT2D eigenvalue weighted by Gasteiger charge is 2.03. The summed E-state index contributed by atoms with van der Waals surface area (Å²) >= 11 is 0. The number of anilines is 1. The van der Waals surface area contributed by atoms with Crippen molar-refractivity contribution in [3.63, 3.8) is 0 Å². The Kier molecular flexibility index (Phi) is 4.15. The predicted molar refractivity (Wildman–Crippen MR) is 81.8 cm³/mol. The van der Waals surface area contributed by atoms with E-state index in [9.17, 15) is 4.79 Å². The van der Waals surface area contributed by atoms with Crippen LogP contribution >= 0.6 is 0 Å². The van der Waals surface area contributed by atoms with Gasteiger partial charge >= 0.3 is 0 Å². The highest BCUT2D eigenvalue weighted by atomic mass is 16.2. The molecule has 4 nitrogen and oxygen atoms in total. The molecule has 0 spiro atoms. The molecule has 0 aliphatic carbocycles. The number of nitrogens with zero attached hydrogens (tertiary/aromatic N) is 1. The summed E-state index contributed by atoms with van der Waals surface area (Å²) in [6.07, 6.45) is 1.64. The number of hydrazone groups is 1. The second kappa shape index (κ2) is 6.02. The predicted octanol–water partition coefficient (Wildman–Crippen LogP) is 2.65. The van der Waals surface area contributed by atoms with Crippen LogP contribution in [0.2, 0.25) is 0 Å². The topological polar surface area (TPSA) is 67.5 Å². The SMILES string of the molecule is Cc1ccc(/C=N/NC(=O)c2cccc(N)c2)c(C)c1. The fourth-order valence-electron chi connectivity index (χ4n) is 1.88. The summed E-state index contributed by atoms with van der Waals surface area (Å²) < 4.78 is 0. The molecule has 0 heterocycles. The first-order valence-corrected chi connectivity index (χ1v) is 6.32. The van der Waals surface area contributed by atoms with Crippen LogP contribution in [-0.2, 0) is 0 Å². The summed E-state index contributed by atoms with van der Waals surface area (Å²) in [7, 11) is 0. The summed E-state index contributed by atoms with van der Waals surface area (Å²) in [5, 5.41) is 3.97. The summed E-state index contributed by atoms with van der Waals surface area (Å²) in [5.41, 5.74) is 12.5. The number of hydrogen-bond acceptors (Lipinski definition) is 3. The minimum atomic E-state index is -0.279. The van der Waals surface area contributed by atoms with Crippen LogP contribution in [0.15, 0.2) is 47.6 Å². The van der Waals surface area contributed by atoms with E-state index in [4.69, 9.17) is 5.73 Å². The molecule has 102 valence electrons. The molecule has 2 rings (SSSR count). The molecule has 0 aromatic heterocycles. The first-order valence-electron chi connectivity index (χ1n) is 6.32. The van der Waals surface area contributed by atoms with Gasteiger partial charge in [-0.15, -0.1) is 0 Å². The molecule has 2 aromatic rings. The fourth-order valence-corrected chi connectivity index (χ4v) is 1.88. The molecule has 0 fully saturated rings. The monoisotopic (exact) mass is 267 g/mol. The van der Waals surface area contributed by atoms with Gasteiger partial charge in [0.25, 0.3) is 5.91 Å². The van der Waals surface area contributed by atoms with Gasteiger partial charge in [-0.25, -0.2) is 5.43 Å². The van der Waals surface area contributed by atoms with Crippen LogP contribution in [0.5, 0.6) is 0 Å². The Labute approximate surface area is 118 Å². The molecule has 0 atom stereocenters. The lowest BCUT2D eigenvalue weighted by atomic mass is 10.1. The van der Waals surface area contributed by atoms with E-state index in [1.165, 1.54) is 5.56 Å². The van der Waals surface area contributed by atoms with Crippen LogP contribution in [0, 0.1) is 13.8 Å². The van der Waals surface area contributed by atoms with Crippen LogP contribution in [0.4, 0.5) is 5.69 Å². The number of hydrogen-bond donors (Lipinski definition) is 2. The molecule has 2 aromatic carbocycles. The third-order valence-electron chi connectivity index (χ3n) is 2.94. The molecule has 0 aliphatic rings. The van der Waals surface area contributed by atoms with E-state index < -0.39 is 0 Å². The maximum absolute atomic E-state index is 11.8. The third kappa shape index (κ3) is 3.45. The lowest BCUT2D eigenvalue weighted by Gasteiger charge is -2.02. The van der Waals surface area contributed by atoms with E-state index in [0.29, 0.717) is 11.3 Å². The van der Waals surface area contributed by atoms with Gasteiger partial charge in [-0.1, -0.05) is 29.8 Å². The Morgan fingerprint density at radius 1 is 1.20 bits per heavy atom. The van der Waals surface area contributed by atoms with Gasteiger partial charge in [0.05, 0.1) is 6.21 Å². The number of nitrogens with one attached hydrogen (secondary N) is 1. The molecule has 0 bridgehead atoms. The third-order valence-corrected chi connectivity index (χ3v) is 2.94. The van der Waals surface area contributed by atoms with E-state index in [1.54, 1.807) is 30.5 Å². The minimum Gasteiger partial charge on any atom is -0.399 e. The van der Waals surface area contributed by atoms with Crippen molar-refractivity contribution < 1.29 is 4.79 Å². The maximum atomic E-state index is 11.8. The quantitative estimate of drug-likeness (QED) is 0.510. The fraction of sp³-hybridized carbons (Fsp3) is 0.125. The normalized spacial score (nSPS) is 10.7. The van der Waals surface area contributed by atoms with Gasteiger partial charge < -0.3 is 5.73 Å². The first-order chi connectivity index (χ1) is 9.56. The molecule has 3 N–H and O–H groups in total. The summed E-state index contributed by atoms with van der Waals surface area (Å²) in [6.45, 7) is 4.05. The zero-order chi connectivity index (χ0) is 14.5. The van der Waals surface area contributed by atoms with Crippen molar-refractivity contribution >= 4 is 17.8 Å². The van der Waals surface area contributed by atoms with Crippen LogP contribution in [0.25, 0.3) is 0 Å². The molecule has 0 saturated heterocycles. The van der Waals surface area contributed by atoms with Crippen molar-refractivity contribution in [3.05, 3.63) is 64.7 Å². The number of rotatable bonds is 3. The van der Waals surface area contributed by atoms with Crippen molar-refractivity contribution in [1.82, 2.24) is 5.43 Å². The maximum Gasteiger partial charge on any atom is 0.271 e. The highest BCUT2D eigenvalue weighted by molar-refractivity contribution is 5.95. The van der Waals surface area contributed by atoms with Crippen LogP contribution in [-0.4, -0.2) is 12.1 Å². The Bertz CT molecular complexity index is 663. The van der Waals surface area contributed by atoms with Gasteiger partial charge in [0.15, 0.2) is 0 Å². The van der Waals surface area contributed by atoms with Crippen LogP contribution < -0.4 is 11.2 Å². The second-order valence-electron chi connectivity index (χ2n) is 4.68. The average molecular weight is 267 g/mol. The molecule has 0 unspecified atom stereocenters. The molecular weight excluding hydrogens is 250 g/mol. The Balaban J connectivity index is 2.04. The molecule has 1 amide bonds. The van der Waals surface area contributed by atoms with E-state index in [1.807, 2.05) is 26.0 Å². The van der Waals surface area contributed by atoms with Crippen molar-refractivity contribution in [1.29, 1.82) is 0 Å². The van der Waals surface area contributed by atoms with Gasteiger partial charge in [-0.05, 0) is 43.2 Å². The van der Waals surface area contributed by atoms with E-state index >= 15 is 0 Å². The number of carbonyl (C=O) groups is 1. The van der Waals surface area contributed by atoms with Crippen molar-refractivity contribution in [2.45, 2.75) is 13.8 Å². The second-order valence-corrected chi connectivity index (χ2v) is 4.68. The largest absolute Gasteiger partial charge is 0.399 e. The van der Waals surface area contributed by atoms with Crippen molar-refractivity contribution in [2.24, 2.45) is 5.10 Å². The van der Waals surface area contributed by atoms with Gasteiger partial charge in [0, 0.05) is 11.3 Å². The van der Waals surface area contributed by atoms with Crippen molar-refractivity contribution in [2.75, 3.05) is 5.73 Å². The number of benzene rings is 2. The smallest absolute Gasteiger partial charge is 0.271 e. The van der Waals surface area contributed by atoms with Crippen molar-refractivity contribution in [3.8, 4) is 0 Å². The van der Waals surface area contributed by atoms with Crippen LogP contribution in [0.3, 0.4) is 0 Å². The summed E-state index contributed by atoms with van der Waals surface area (Å²) in [6, 6.07) is 12.8. The molecular formula is C16H17N3O. The Morgan fingerprint density at radius 2 is 2.00 bits per heavy atom. The number of aryl methyl sites for hydroxylation is 2. The number of carbonyl (C=O) groups excluding carboxylic acids is 1. The van der Waals surface area contributed by atoms with Crippen LogP contribution in [0.1, 0.15) is 27.0 Å². The first kappa shape index (κ1) is 13.8. The summed E-state index contributed by atoms with van der Waals surface area (Å²) in [4.78, 5) is 11.8. The van der Waals surface area contributed by atoms with Gasteiger partial charge in [-0.3, -0.25) is 4.79 Å². The Morgan fingerprint density at radius 3 is 2.70 bits per heavy atom. The highest BCUT2D eigenvalue weighted by Crippen LogP contribution is 2.08. The minimum absolute atomic E-state index is 0.279. The number of amides is 1. The summed E-state index contributed by atoms with van der Waals surface area (Å²) in [5.74, 6) is -0.279. The molecule has 0 saturated carbocycles. The van der Waals surface area contributed by atoms with E-state index in [2.05, 4.69) is 16.6 Å². The Hall–Kier alpha value is -2.62. The van der Waals surface area contributed by atoms with Gasteiger partial charge in [-0.2, -0.15) is 5.10 Å². The zero-order valence-electron chi connectivity index (χ0n) is 11.6. The van der Waals surface area contributed by atoms with Gasteiger partial charge in [0.2, 0.25) is 0 Å². The molecule has 0 aliphatic heterocycles. The van der Waals surface area contributed by atoms with E-state index in [0.717, 1.165) is 11.1 Å². The lowest BCUT2D eigenvalue weighted by molar-refractivity contribution is 0.0955. The zero-order valence-corrected chi connectivity index (χ0v) is 11.6. The number of nitrogens with two attached hydrogens (primary N) is 1. The van der Waals surface area contributed by atoms with Gasteiger partial charge in [0.1, 0.15) is 0 Å². The standard InChI is InChI=1S/C16H17N3O/c1-11-6-7-14(12(2)8-11)10-18-19-16(20)13-4-3-5-15(17)9-13/h3-10H,17H2,1-2H3,(H,19,20)/b18-10+. The average Bonchev–Trinajstić information content (AvgIpc) is 2.41. The lowest BCUT2D eigenvalue weighted by Crippen LogP contribution is -2.17. The molecule has 4 heteroatoms. The van der Waals surface area contributed by atoms with E-state index in [-0.39, 0.29) is 5.91 Å². The molecule has 20 heavy (non-hydrogen) atoms.